The monoisotopic (exact) mass is 358 g/mol. The number of piperazine rings is 1. The van der Waals surface area contributed by atoms with E-state index in [0.717, 1.165) is 24.3 Å². The summed E-state index contributed by atoms with van der Waals surface area (Å²) in [7, 11) is 0. The number of anilines is 1. The predicted molar refractivity (Wildman–Crippen MR) is 94.0 cm³/mol. The lowest BCUT2D eigenvalue weighted by Gasteiger charge is -2.35. The van der Waals surface area contributed by atoms with Crippen LogP contribution in [0.5, 0.6) is 0 Å². The molecule has 3 saturated heterocycles. The second-order valence-electron chi connectivity index (χ2n) is 7.98. The molecule has 4 aliphatic heterocycles. The molecule has 5 rings (SSSR count). The van der Waals surface area contributed by atoms with E-state index in [1.165, 1.54) is 12.8 Å². The van der Waals surface area contributed by atoms with Crippen molar-refractivity contribution in [1.82, 2.24) is 15.5 Å². The molecule has 3 atom stereocenters. The fraction of sp³-hybridized carbons (Fsp3) is 0.579. The highest BCUT2D eigenvalue weighted by atomic mass is 19.1. The van der Waals surface area contributed by atoms with Crippen LogP contribution in [0.2, 0.25) is 0 Å². The minimum Gasteiger partial charge on any atom is -0.368 e. The Morgan fingerprint density at radius 2 is 1.81 bits per heavy atom. The molecular formula is C19H23FN4O2. The Kier molecular flexibility index (Phi) is 3.76. The number of carbonyl (C=O) groups is 2. The highest BCUT2D eigenvalue weighted by molar-refractivity contribution is 6.00. The van der Waals surface area contributed by atoms with Crippen LogP contribution in [0.1, 0.15) is 36.8 Å². The first-order valence-electron chi connectivity index (χ1n) is 9.47. The van der Waals surface area contributed by atoms with E-state index in [9.17, 15) is 14.0 Å². The van der Waals surface area contributed by atoms with Crippen LogP contribution in [-0.4, -0.2) is 47.9 Å². The standard InChI is InChI=1S/C19H23FN4O2/c20-16-6-14(23-8-12-1-2-13(9-23)21-12)5-11-7-24(10-15(11)16)17-3-4-18(25)22-19(17)26/h5-6,12-13,17,21H,1-4,7-10H2,(H,22,25,26). The SMILES string of the molecule is O=C1CCC(N2Cc3cc(N4CC5CCC(C4)N5)cc(F)c3C2)C(=O)N1. The lowest BCUT2D eigenvalue weighted by molar-refractivity contribution is -0.137. The Hall–Kier alpha value is -1.99. The van der Waals surface area contributed by atoms with Gasteiger partial charge in [0.2, 0.25) is 11.8 Å². The van der Waals surface area contributed by atoms with E-state index >= 15 is 0 Å². The fourth-order valence-electron chi connectivity index (χ4n) is 4.91. The van der Waals surface area contributed by atoms with Gasteiger partial charge < -0.3 is 10.2 Å². The third kappa shape index (κ3) is 2.70. The van der Waals surface area contributed by atoms with Crippen molar-refractivity contribution in [2.75, 3.05) is 18.0 Å². The van der Waals surface area contributed by atoms with Crippen molar-refractivity contribution in [1.29, 1.82) is 0 Å². The number of carbonyl (C=O) groups excluding carboxylic acids is 2. The number of hydrogen-bond acceptors (Lipinski definition) is 5. The van der Waals surface area contributed by atoms with Gasteiger partial charge in [0.05, 0.1) is 6.04 Å². The molecule has 2 amide bonds. The molecule has 0 aromatic heterocycles. The minimum atomic E-state index is -0.349. The number of imide groups is 1. The van der Waals surface area contributed by atoms with Crippen LogP contribution >= 0.6 is 0 Å². The van der Waals surface area contributed by atoms with Gasteiger partial charge in [-0.05, 0) is 37.0 Å². The van der Waals surface area contributed by atoms with Gasteiger partial charge in [-0.25, -0.2) is 4.39 Å². The molecule has 0 saturated carbocycles. The largest absolute Gasteiger partial charge is 0.368 e. The fourth-order valence-corrected chi connectivity index (χ4v) is 4.91. The topological polar surface area (TPSA) is 64.7 Å². The van der Waals surface area contributed by atoms with Gasteiger partial charge in [-0.2, -0.15) is 0 Å². The van der Waals surface area contributed by atoms with Crippen molar-refractivity contribution < 1.29 is 14.0 Å². The zero-order valence-electron chi connectivity index (χ0n) is 14.6. The van der Waals surface area contributed by atoms with Crippen LogP contribution in [0, 0.1) is 5.82 Å². The molecule has 2 bridgehead atoms. The second-order valence-corrected chi connectivity index (χ2v) is 7.98. The summed E-state index contributed by atoms with van der Waals surface area (Å²) in [6, 6.07) is 4.40. The number of amides is 2. The molecule has 0 radical (unpaired) electrons. The summed E-state index contributed by atoms with van der Waals surface area (Å²) in [5.74, 6) is -0.656. The third-order valence-electron chi connectivity index (χ3n) is 6.24. The third-order valence-corrected chi connectivity index (χ3v) is 6.24. The Labute approximate surface area is 151 Å². The molecule has 2 N–H and O–H groups in total. The second kappa shape index (κ2) is 6.03. The van der Waals surface area contributed by atoms with Gasteiger partial charge in [0, 0.05) is 55.9 Å². The zero-order chi connectivity index (χ0) is 17.8. The van der Waals surface area contributed by atoms with Crippen LogP contribution in [-0.2, 0) is 22.7 Å². The van der Waals surface area contributed by atoms with Crippen molar-refractivity contribution in [2.45, 2.75) is 56.9 Å². The van der Waals surface area contributed by atoms with Crippen LogP contribution < -0.4 is 15.5 Å². The normalized spacial score (nSPS) is 31.3. The Morgan fingerprint density at radius 3 is 2.54 bits per heavy atom. The smallest absolute Gasteiger partial charge is 0.243 e. The molecule has 0 aliphatic carbocycles. The molecular weight excluding hydrogens is 335 g/mol. The van der Waals surface area contributed by atoms with E-state index in [-0.39, 0.29) is 23.7 Å². The van der Waals surface area contributed by atoms with Gasteiger partial charge in [-0.1, -0.05) is 0 Å². The van der Waals surface area contributed by atoms with Gasteiger partial charge in [-0.15, -0.1) is 0 Å². The summed E-state index contributed by atoms with van der Waals surface area (Å²) in [5.41, 5.74) is 2.61. The van der Waals surface area contributed by atoms with Crippen LogP contribution in [0.3, 0.4) is 0 Å². The van der Waals surface area contributed by atoms with Crippen LogP contribution in [0.15, 0.2) is 12.1 Å². The quantitative estimate of drug-likeness (QED) is 0.769. The number of halogens is 1. The van der Waals surface area contributed by atoms with E-state index in [2.05, 4.69) is 21.6 Å². The van der Waals surface area contributed by atoms with Gasteiger partial charge in [0.25, 0.3) is 0 Å². The molecule has 0 spiro atoms. The molecule has 1 aromatic carbocycles. The minimum absolute atomic E-state index is 0.182. The maximum Gasteiger partial charge on any atom is 0.243 e. The number of benzene rings is 1. The first kappa shape index (κ1) is 16.2. The van der Waals surface area contributed by atoms with E-state index in [0.29, 0.717) is 43.6 Å². The summed E-state index contributed by atoms with van der Waals surface area (Å²) in [4.78, 5) is 27.8. The first-order valence-corrected chi connectivity index (χ1v) is 9.47. The average molecular weight is 358 g/mol. The number of piperidine rings is 1. The predicted octanol–water partition coefficient (Wildman–Crippen LogP) is 0.887. The zero-order valence-corrected chi connectivity index (χ0v) is 14.6. The summed E-state index contributed by atoms with van der Waals surface area (Å²) in [6.07, 6.45) is 3.24. The number of hydrogen-bond donors (Lipinski definition) is 2. The van der Waals surface area contributed by atoms with E-state index in [1.807, 2.05) is 4.90 Å². The molecule has 1 aromatic rings. The molecule has 6 nitrogen and oxygen atoms in total. The van der Waals surface area contributed by atoms with Crippen LogP contribution in [0.4, 0.5) is 10.1 Å². The van der Waals surface area contributed by atoms with Gasteiger partial charge in [-0.3, -0.25) is 19.8 Å². The highest BCUT2D eigenvalue weighted by Gasteiger charge is 2.37. The lowest BCUT2D eigenvalue weighted by Crippen LogP contribution is -2.51. The molecule has 3 unspecified atom stereocenters. The van der Waals surface area contributed by atoms with Crippen molar-refractivity contribution >= 4 is 17.5 Å². The van der Waals surface area contributed by atoms with Gasteiger partial charge >= 0.3 is 0 Å². The summed E-state index contributed by atoms with van der Waals surface area (Å²) in [6.45, 7) is 2.84. The first-order chi connectivity index (χ1) is 12.6. The highest BCUT2D eigenvalue weighted by Crippen LogP contribution is 2.34. The summed E-state index contributed by atoms with van der Waals surface area (Å²) in [5, 5.41) is 6.00. The summed E-state index contributed by atoms with van der Waals surface area (Å²) >= 11 is 0. The number of nitrogens with one attached hydrogen (secondary N) is 2. The Morgan fingerprint density at radius 1 is 1.04 bits per heavy atom. The van der Waals surface area contributed by atoms with Gasteiger partial charge in [0.15, 0.2) is 0 Å². The number of fused-ring (bicyclic) bond motifs is 3. The maximum absolute atomic E-state index is 14.8. The van der Waals surface area contributed by atoms with E-state index < -0.39 is 0 Å². The van der Waals surface area contributed by atoms with E-state index in [1.54, 1.807) is 6.07 Å². The Bertz CT molecular complexity index is 771. The number of rotatable bonds is 2. The number of nitrogens with zero attached hydrogens (tertiary/aromatic N) is 2. The van der Waals surface area contributed by atoms with E-state index in [4.69, 9.17) is 0 Å². The molecule has 3 fully saturated rings. The van der Waals surface area contributed by atoms with Crippen molar-refractivity contribution in [2.24, 2.45) is 0 Å². The van der Waals surface area contributed by atoms with Crippen molar-refractivity contribution in [3.8, 4) is 0 Å². The maximum atomic E-state index is 14.8. The Balaban J connectivity index is 1.37. The summed E-state index contributed by atoms with van der Waals surface area (Å²) < 4.78 is 14.8. The molecule has 4 aliphatic rings. The van der Waals surface area contributed by atoms with Gasteiger partial charge in [0.1, 0.15) is 5.82 Å². The average Bonchev–Trinajstić information content (AvgIpc) is 3.18. The van der Waals surface area contributed by atoms with Crippen molar-refractivity contribution in [3.05, 3.63) is 29.1 Å². The van der Waals surface area contributed by atoms with Crippen molar-refractivity contribution in [3.63, 3.8) is 0 Å². The molecule has 7 heteroatoms. The molecule has 26 heavy (non-hydrogen) atoms. The lowest BCUT2D eigenvalue weighted by atomic mass is 10.0. The molecule has 4 heterocycles. The van der Waals surface area contributed by atoms with Crippen LogP contribution in [0.25, 0.3) is 0 Å². The molecule has 138 valence electrons.